The van der Waals surface area contributed by atoms with Crippen molar-refractivity contribution in [1.29, 1.82) is 0 Å². The Balaban J connectivity index is 1.56. The summed E-state index contributed by atoms with van der Waals surface area (Å²) < 4.78 is 20.9. The molecule has 1 atom stereocenters. The predicted molar refractivity (Wildman–Crippen MR) is 128 cm³/mol. The van der Waals surface area contributed by atoms with Crippen molar-refractivity contribution in [3.8, 4) is 22.8 Å². The van der Waals surface area contributed by atoms with Crippen LogP contribution in [0.2, 0.25) is 0 Å². The third-order valence-corrected chi connectivity index (χ3v) is 6.07. The molecule has 5 rings (SSSR count). The Labute approximate surface area is 195 Å². The highest BCUT2D eigenvalue weighted by Gasteiger charge is 2.29. The fourth-order valence-electron chi connectivity index (χ4n) is 4.39. The van der Waals surface area contributed by atoms with Crippen LogP contribution < -0.4 is 10.5 Å². The predicted octanol–water partition coefficient (Wildman–Crippen LogP) is 4.71. The van der Waals surface area contributed by atoms with Gasteiger partial charge in [-0.05, 0) is 42.3 Å². The van der Waals surface area contributed by atoms with Crippen molar-refractivity contribution in [3.63, 3.8) is 0 Å². The average Bonchev–Trinajstić information content (AvgIpc) is 3.35. The van der Waals surface area contributed by atoms with E-state index in [2.05, 4.69) is 21.5 Å². The van der Waals surface area contributed by atoms with Gasteiger partial charge in [0.05, 0.1) is 11.2 Å². The van der Waals surface area contributed by atoms with E-state index in [4.69, 9.17) is 10.5 Å². The Morgan fingerprint density at radius 1 is 1.21 bits per heavy atom. The van der Waals surface area contributed by atoms with Gasteiger partial charge in [0.25, 0.3) is 0 Å². The molecular formula is C26H22FN5O2. The monoisotopic (exact) mass is 455 g/mol. The van der Waals surface area contributed by atoms with Crippen molar-refractivity contribution in [2.45, 2.75) is 12.3 Å². The van der Waals surface area contributed by atoms with E-state index < -0.39 is 5.82 Å². The normalized spacial score (nSPS) is 15.4. The van der Waals surface area contributed by atoms with E-state index in [-0.39, 0.29) is 11.8 Å². The minimum Gasteiger partial charge on any atom is -0.439 e. The Kier molecular flexibility index (Phi) is 5.63. The van der Waals surface area contributed by atoms with E-state index in [0.29, 0.717) is 52.4 Å². The molecule has 0 aliphatic carbocycles. The standard InChI is InChI=1S/C26H22FN5O2/c1-2-24(33)32-10-8-16(14-32)19-12-20(25(28)21-13-29-15-31-26(19)21)18-7-6-17(11-22(18)27)34-23-5-3-4-9-30-23/h2-7,9,11-13,15-16H,1,8,10,14,28H2. The van der Waals surface area contributed by atoms with Gasteiger partial charge in [0.1, 0.15) is 17.9 Å². The van der Waals surface area contributed by atoms with E-state index in [1.165, 1.54) is 18.5 Å². The van der Waals surface area contributed by atoms with Crippen molar-refractivity contribution >= 4 is 22.5 Å². The second-order valence-electron chi connectivity index (χ2n) is 8.10. The van der Waals surface area contributed by atoms with Crippen LogP contribution in [0.3, 0.4) is 0 Å². The maximum absolute atomic E-state index is 15.3. The number of amides is 1. The molecule has 0 bridgehead atoms. The van der Waals surface area contributed by atoms with Crippen molar-refractivity contribution in [2.24, 2.45) is 0 Å². The maximum Gasteiger partial charge on any atom is 0.245 e. The summed E-state index contributed by atoms with van der Waals surface area (Å²) in [5, 5.41) is 0.650. The first-order valence-corrected chi connectivity index (χ1v) is 10.9. The van der Waals surface area contributed by atoms with Crippen molar-refractivity contribution < 1.29 is 13.9 Å². The fourth-order valence-corrected chi connectivity index (χ4v) is 4.39. The van der Waals surface area contributed by atoms with Crippen LogP contribution in [0.1, 0.15) is 17.9 Å². The largest absolute Gasteiger partial charge is 0.439 e. The fraction of sp³-hybridized carbons (Fsp3) is 0.154. The molecule has 1 amide bonds. The maximum atomic E-state index is 15.3. The van der Waals surface area contributed by atoms with E-state index in [1.807, 2.05) is 6.07 Å². The molecule has 170 valence electrons. The van der Waals surface area contributed by atoms with Crippen LogP contribution in [0.4, 0.5) is 10.1 Å². The Morgan fingerprint density at radius 3 is 2.85 bits per heavy atom. The summed E-state index contributed by atoms with van der Waals surface area (Å²) >= 11 is 0. The number of nitrogen functional groups attached to an aromatic ring is 1. The van der Waals surface area contributed by atoms with Crippen LogP contribution in [0.25, 0.3) is 22.0 Å². The number of carbonyl (C=O) groups excluding carboxylic acids is 1. The molecule has 8 heteroatoms. The van der Waals surface area contributed by atoms with E-state index in [9.17, 15) is 4.79 Å². The molecule has 1 fully saturated rings. The second kappa shape index (κ2) is 8.90. The SMILES string of the molecule is C=CC(=O)N1CCC(c2cc(-c3ccc(Oc4ccccn4)cc3F)c(N)c3cncnc23)C1. The summed E-state index contributed by atoms with van der Waals surface area (Å²) in [4.78, 5) is 26.5. The zero-order chi connectivity index (χ0) is 23.7. The van der Waals surface area contributed by atoms with Crippen LogP contribution in [0, 0.1) is 5.82 Å². The van der Waals surface area contributed by atoms with E-state index in [1.54, 1.807) is 47.6 Å². The second-order valence-corrected chi connectivity index (χ2v) is 8.10. The number of hydrogen-bond donors (Lipinski definition) is 1. The third-order valence-electron chi connectivity index (χ3n) is 6.07. The number of hydrogen-bond acceptors (Lipinski definition) is 6. The Hall–Kier alpha value is -4.33. The van der Waals surface area contributed by atoms with Gasteiger partial charge >= 0.3 is 0 Å². The summed E-state index contributed by atoms with van der Waals surface area (Å²) in [5.41, 5.74) is 9.39. The number of pyridine rings is 1. The van der Waals surface area contributed by atoms with Crippen LogP contribution >= 0.6 is 0 Å². The highest BCUT2D eigenvalue weighted by atomic mass is 19.1. The molecule has 1 unspecified atom stereocenters. The van der Waals surface area contributed by atoms with Gasteiger partial charge in [0, 0.05) is 60.0 Å². The number of nitrogens with zero attached hydrogens (tertiary/aromatic N) is 4. The summed E-state index contributed by atoms with van der Waals surface area (Å²) in [6.45, 7) is 4.73. The number of fused-ring (bicyclic) bond motifs is 1. The number of benzene rings is 2. The molecule has 2 aromatic heterocycles. The lowest BCUT2D eigenvalue weighted by atomic mass is 9.90. The average molecular weight is 455 g/mol. The highest BCUT2D eigenvalue weighted by molar-refractivity contribution is 6.00. The minimum absolute atomic E-state index is 0.0375. The minimum atomic E-state index is -0.475. The van der Waals surface area contributed by atoms with Gasteiger partial charge in [0.15, 0.2) is 0 Å². The zero-order valence-electron chi connectivity index (χ0n) is 18.3. The quantitative estimate of drug-likeness (QED) is 0.346. The molecule has 0 saturated carbocycles. The van der Waals surface area contributed by atoms with Crippen molar-refractivity contribution in [2.75, 3.05) is 18.8 Å². The van der Waals surface area contributed by atoms with Crippen LogP contribution in [0.15, 0.2) is 73.8 Å². The van der Waals surface area contributed by atoms with Gasteiger partial charge in [0.2, 0.25) is 11.8 Å². The van der Waals surface area contributed by atoms with Gasteiger partial charge in [-0.25, -0.2) is 19.3 Å². The number of carbonyl (C=O) groups is 1. The number of anilines is 1. The van der Waals surface area contributed by atoms with Gasteiger partial charge in [-0.1, -0.05) is 12.6 Å². The lowest BCUT2D eigenvalue weighted by molar-refractivity contribution is -0.125. The third kappa shape index (κ3) is 3.94. The molecule has 0 spiro atoms. The van der Waals surface area contributed by atoms with E-state index in [0.717, 1.165) is 12.0 Å². The molecule has 2 N–H and O–H groups in total. The molecule has 1 aliphatic heterocycles. The topological polar surface area (TPSA) is 94.2 Å². The highest BCUT2D eigenvalue weighted by Crippen LogP contribution is 2.40. The van der Waals surface area contributed by atoms with Gasteiger partial charge in [-0.15, -0.1) is 0 Å². The van der Waals surface area contributed by atoms with Gasteiger partial charge in [-0.3, -0.25) is 4.79 Å². The number of nitrogens with two attached hydrogens (primary N) is 1. The zero-order valence-corrected chi connectivity index (χ0v) is 18.3. The lowest BCUT2D eigenvalue weighted by Gasteiger charge is -2.19. The van der Waals surface area contributed by atoms with Crippen molar-refractivity contribution in [3.05, 3.63) is 85.2 Å². The molecular weight excluding hydrogens is 433 g/mol. The van der Waals surface area contributed by atoms with Crippen LogP contribution in [-0.4, -0.2) is 38.8 Å². The Morgan fingerprint density at radius 2 is 2.09 bits per heavy atom. The van der Waals surface area contributed by atoms with Crippen LogP contribution in [-0.2, 0) is 4.79 Å². The Bertz CT molecular complexity index is 1390. The molecule has 2 aromatic carbocycles. The molecule has 1 saturated heterocycles. The van der Waals surface area contributed by atoms with Gasteiger partial charge in [-0.2, -0.15) is 0 Å². The number of likely N-dealkylation sites (tertiary alicyclic amines) is 1. The number of halogens is 1. The first-order chi connectivity index (χ1) is 16.5. The summed E-state index contributed by atoms with van der Waals surface area (Å²) in [6, 6.07) is 11.8. The summed E-state index contributed by atoms with van der Waals surface area (Å²) in [5.74, 6) is 0.163. The molecule has 7 nitrogen and oxygen atoms in total. The lowest BCUT2D eigenvalue weighted by Crippen LogP contribution is -2.26. The number of aromatic nitrogens is 3. The summed E-state index contributed by atoms with van der Waals surface area (Å²) in [6.07, 6.45) is 6.80. The van der Waals surface area contributed by atoms with Gasteiger partial charge < -0.3 is 15.4 Å². The number of ether oxygens (including phenoxy) is 1. The molecule has 4 aromatic rings. The van der Waals surface area contributed by atoms with Crippen molar-refractivity contribution in [1.82, 2.24) is 19.9 Å². The molecule has 34 heavy (non-hydrogen) atoms. The number of rotatable bonds is 5. The molecule has 0 radical (unpaired) electrons. The van der Waals surface area contributed by atoms with E-state index >= 15 is 4.39 Å². The van der Waals surface area contributed by atoms with Crippen LogP contribution in [0.5, 0.6) is 11.6 Å². The summed E-state index contributed by atoms with van der Waals surface area (Å²) in [7, 11) is 0. The first-order valence-electron chi connectivity index (χ1n) is 10.9. The molecule has 3 heterocycles. The first kappa shape index (κ1) is 21.5. The molecule has 1 aliphatic rings. The smallest absolute Gasteiger partial charge is 0.245 e.